The van der Waals surface area contributed by atoms with Gasteiger partial charge in [-0.25, -0.2) is 0 Å². The number of benzene rings is 1. The van der Waals surface area contributed by atoms with Crippen molar-refractivity contribution in [3.63, 3.8) is 0 Å². The normalized spacial score (nSPS) is 8.07. The maximum atomic E-state index is 8.00. The molecule has 1 aromatic heterocycles. The molecule has 0 unspecified atom stereocenters. The first-order chi connectivity index (χ1) is 6.86. The zero-order valence-electron chi connectivity index (χ0n) is 7.40. The molecule has 0 spiro atoms. The first kappa shape index (κ1) is 12.4. The summed E-state index contributed by atoms with van der Waals surface area (Å²) in [5.74, 6) is 0. The molecule has 74 valence electrons. The Morgan fingerprint density at radius 3 is 2.36 bits per heavy atom. The Bertz CT molecular complexity index is 382. The van der Waals surface area contributed by atoms with Gasteiger partial charge in [-0.15, -0.1) is 0 Å². The van der Waals surface area contributed by atoms with Gasteiger partial charge >= 0.3 is 0 Å². The second kappa shape index (κ2) is 6.86. The minimum absolute atomic E-state index is 0.744. The van der Waals surface area contributed by atoms with E-state index in [4.69, 9.17) is 25.6 Å². The molecule has 0 saturated carbocycles. The first-order valence-corrected chi connectivity index (χ1v) is 3.94. The van der Waals surface area contributed by atoms with Crippen molar-refractivity contribution in [3.8, 4) is 0 Å². The number of furan rings is 1. The highest BCUT2D eigenvalue weighted by molar-refractivity contribution is 6.31. The summed E-state index contributed by atoms with van der Waals surface area (Å²) in [4.78, 5) is 16.0. The summed E-state index contributed by atoms with van der Waals surface area (Å²) in [6.45, 7) is 4.00. The van der Waals surface area contributed by atoms with E-state index >= 15 is 0 Å². The maximum absolute atomic E-state index is 8.00. The van der Waals surface area contributed by atoms with E-state index in [0.29, 0.717) is 0 Å². The Hall–Kier alpha value is -1.61. The van der Waals surface area contributed by atoms with Gasteiger partial charge in [0.1, 0.15) is 19.2 Å². The van der Waals surface area contributed by atoms with Gasteiger partial charge in [-0.1, -0.05) is 11.6 Å². The summed E-state index contributed by atoms with van der Waals surface area (Å²) >= 11 is 5.73. The van der Waals surface area contributed by atoms with Crippen LogP contribution in [0.15, 0.2) is 34.9 Å². The molecule has 4 heteroatoms. The molecule has 0 fully saturated rings. The lowest BCUT2D eigenvalue weighted by Crippen LogP contribution is -1.62. The summed E-state index contributed by atoms with van der Waals surface area (Å²) < 4.78 is 5.11. The van der Waals surface area contributed by atoms with E-state index in [1.54, 1.807) is 6.26 Å². The lowest BCUT2D eigenvalue weighted by molar-refractivity contribution is -0.0987. The summed E-state index contributed by atoms with van der Waals surface area (Å²) in [6, 6.07) is 7.44. The van der Waals surface area contributed by atoms with Crippen molar-refractivity contribution in [2.75, 3.05) is 0 Å². The number of carbonyl (C=O) groups excluding carboxylic acids is 2. The minimum atomic E-state index is 0.744. The third-order valence-electron chi connectivity index (χ3n) is 1.41. The van der Waals surface area contributed by atoms with Crippen LogP contribution in [0.2, 0.25) is 5.02 Å². The molecule has 2 rings (SSSR count). The van der Waals surface area contributed by atoms with E-state index in [-0.39, 0.29) is 0 Å². The van der Waals surface area contributed by atoms with Crippen LogP contribution in [0.25, 0.3) is 11.0 Å². The largest absolute Gasteiger partial charge is 0.464 e. The van der Waals surface area contributed by atoms with Crippen molar-refractivity contribution in [2.45, 2.75) is 0 Å². The molecule has 0 aliphatic heterocycles. The van der Waals surface area contributed by atoms with Crippen LogP contribution in [0, 0.1) is 0 Å². The third-order valence-corrected chi connectivity index (χ3v) is 1.65. The molecule has 0 radical (unpaired) electrons. The van der Waals surface area contributed by atoms with Crippen LogP contribution in [-0.4, -0.2) is 13.6 Å². The predicted molar refractivity (Wildman–Crippen MR) is 55.5 cm³/mol. The SMILES string of the molecule is C=O.C=O.Clc1ccc2occc2c1. The lowest BCUT2D eigenvalue weighted by Gasteiger charge is -1.87. The van der Waals surface area contributed by atoms with Crippen molar-refractivity contribution in [2.24, 2.45) is 0 Å². The first-order valence-electron chi connectivity index (χ1n) is 3.57. The molecule has 1 aromatic carbocycles. The Morgan fingerprint density at radius 2 is 1.71 bits per heavy atom. The smallest absolute Gasteiger partial charge is 0.133 e. The maximum Gasteiger partial charge on any atom is 0.133 e. The van der Waals surface area contributed by atoms with E-state index < -0.39 is 0 Å². The second-order valence-electron chi connectivity index (χ2n) is 2.10. The molecule has 0 amide bonds. The highest BCUT2D eigenvalue weighted by Crippen LogP contribution is 2.19. The van der Waals surface area contributed by atoms with Crippen molar-refractivity contribution in [3.05, 3.63) is 35.6 Å². The molecule has 1 heterocycles. The average molecular weight is 213 g/mol. The fourth-order valence-corrected chi connectivity index (χ4v) is 1.12. The van der Waals surface area contributed by atoms with Gasteiger partial charge in [-0.05, 0) is 24.3 Å². The average Bonchev–Trinajstić information content (AvgIpc) is 2.71. The molecule has 0 aliphatic rings. The van der Waals surface area contributed by atoms with Gasteiger partial charge in [0.2, 0.25) is 0 Å². The number of carbonyl (C=O) groups is 2. The van der Waals surface area contributed by atoms with E-state index in [2.05, 4.69) is 0 Å². The highest BCUT2D eigenvalue weighted by Gasteiger charge is 1.94. The number of fused-ring (bicyclic) bond motifs is 1. The number of hydrogen-bond acceptors (Lipinski definition) is 3. The molecular formula is C10H9ClO3. The zero-order chi connectivity index (χ0) is 11.0. The van der Waals surface area contributed by atoms with Crippen molar-refractivity contribution in [1.29, 1.82) is 0 Å². The number of hydrogen-bond donors (Lipinski definition) is 0. The summed E-state index contributed by atoms with van der Waals surface area (Å²) in [5.41, 5.74) is 0.879. The minimum Gasteiger partial charge on any atom is -0.464 e. The lowest BCUT2D eigenvalue weighted by atomic mass is 10.3. The van der Waals surface area contributed by atoms with E-state index in [1.807, 2.05) is 37.8 Å². The van der Waals surface area contributed by atoms with Gasteiger partial charge in [0.15, 0.2) is 0 Å². The van der Waals surface area contributed by atoms with Crippen molar-refractivity contribution in [1.82, 2.24) is 0 Å². The van der Waals surface area contributed by atoms with Crippen LogP contribution in [0.5, 0.6) is 0 Å². The van der Waals surface area contributed by atoms with Crippen molar-refractivity contribution >= 4 is 36.1 Å². The van der Waals surface area contributed by atoms with E-state index in [0.717, 1.165) is 16.0 Å². The fraction of sp³-hybridized carbons (Fsp3) is 0. The molecule has 0 aliphatic carbocycles. The molecule has 14 heavy (non-hydrogen) atoms. The van der Waals surface area contributed by atoms with Crippen LogP contribution in [0.4, 0.5) is 0 Å². The Kier molecular flexibility index (Phi) is 6.07. The van der Waals surface area contributed by atoms with E-state index in [9.17, 15) is 0 Å². The fourth-order valence-electron chi connectivity index (χ4n) is 0.938. The molecule has 3 nitrogen and oxygen atoms in total. The van der Waals surface area contributed by atoms with Gasteiger partial charge in [-0.2, -0.15) is 0 Å². The van der Waals surface area contributed by atoms with Gasteiger partial charge in [0.25, 0.3) is 0 Å². The van der Waals surface area contributed by atoms with Gasteiger partial charge in [0, 0.05) is 10.4 Å². The van der Waals surface area contributed by atoms with Gasteiger partial charge in [0.05, 0.1) is 6.26 Å². The Morgan fingerprint density at radius 1 is 1.07 bits per heavy atom. The highest BCUT2D eigenvalue weighted by atomic mass is 35.5. The quantitative estimate of drug-likeness (QED) is 0.675. The molecule has 0 bridgehead atoms. The molecular weight excluding hydrogens is 204 g/mol. The van der Waals surface area contributed by atoms with Crippen molar-refractivity contribution < 1.29 is 14.0 Å². The zero-order valence-corrected chi connectivity index (χ0v) is 8.16. The topological polar surface area (TPSA) is 47.3 Å². The summed E-state index contributed by atoms with van der Waals surface area (Å²) in [6.07, 6.45) is 1.65. The Labute approximate surface area is 86.3 Å². The van der Waals surface area contributed by atoms with Crippen LogP contribution in [0.1, 0.15) is 0 Å². The third kappa shape index (κ3) is 3.03. The molecule has 0 atom stereocenters. The van der Waals surface area contributed by atoms with Gasteiger partial charge < -0.3 is 14.0 Å². The summed E-state index contributed by atoms with van der Waals surface area (Å²) in [7, 11) is 0. The standard InChI is InChI=1S/C8H5ClO.2CH2O/c9-7-1-2-8-6(5-7)3-4-10-8;2*1-2/h1-5H;2*1H2. The van der Waals surface area contributed by atoms with Crippen LogP contribution in [-0.2, 0) is 9.59 Å². The van der Waals surface area contributed by atoms with E-state index in [1.165, 1.54) is 0 Å². The number of rotatable bonds is 0. The molecule has 0 saturated heterocycles. The van der Waals surface area contributed by atoms with Gasteiger partial charge in [-0.3, -0.25) is 0 Å². The monoisotopic (exact) mass is 212 g/mol. The summed E-state index contributed by atoms with van der Waals surface area (Å²) in [5, 5.41) is 1.79. The Balaban J connectivity index is 0.000000379. The van der Waals surface area contributed by atoms with Crippen LogP contribution < -0.4 is 0 Å². The second-order valence-corrected chi connectivity index (χ2v) is 2.54. The molecule has 2 aromatic rings. The predicted octanol–water partition coefficient (Wildman–Crippen LogP) is 2.72. The van der Waals surface area contributed by atoms with Crippen LogP contribution >= 0.6 is 11.6 Å². The van der Waals surface area contributed by atoms with Crippen LogP contribution in [0.3, 0.4) is 0 Å². The molecule has 0 N–H and O–H groups in total. The number of halogens is 1.